The van der Waals surface area contributed by atoms with Crippen molar-refractivity contribution in [1.29, 1.82) is 0 Å². The number of benzene rings is 1. The number of carbonyl (C=O) groups is 1. The Hall–Kier alpha value is -2.25. The van der Waals surface area contributed by atoms with Gasteiger partial charge in [-0.15, -0.1) is 0 Å². The van der Waals surface area contributed by atoms with Gasteiger partial charge >= 0.3 is 0 Å². The van der Waals surface area contributed by atoms with E-state index in [0.717, 1.165) is 44.5 Å². The average Bonchev–Trinajstić information content (AvgIpc) is 3.38. The second-order valence-corrected chi connectivity index (χ2v) is 7.49. The van der Waals surface area contributed by atoms with Crippen LogP contribution < -0.4 is 10.9 Å². The number of amides is 1. The quantitative estimate of drug-likeness (QED) is 0.845. The third-order valence-electron chi connectivity index (χ3n) is 5.76. The Morgan fingerprint density at radius 2 is 2.11 bits per heavy atom. The summed E-state index contributed by atoms with van der Waals surface area (Å²) >= 11 is 0. The molecule has 0 radical (unpaired) electrons. The Morgan fingerprint density at radius 3 is 2.85 bits per heavy atom. The zero-order valence-corrected chi connectivity index (χ0v) is 15.4. The van der Waals surface area contributed by atoms with Gasteiger partial charge in [-0.3, -0.25) is 14.9 Å². The molecular weight excluding hydrogens is 345 g/mol. The number of piperidine rings is 1. The number of hydrogen-bond acceptors (Lipinski definition) is 4. The van der Waals surface area contributed by atoms with Gasteiger partial charge in [-0.05, 0) is 48.9 Å². The van der Waals surface area contributed by atoms with Crippen LogP contribution in [0, 0.1) is 17.7 Å². The van der Waals surface area contributed by atoms with E-state index in [2.05, 4.69) is 16.0 Å². The highest BCUT2D eigenvalue weighted by Gasteiger charge is 2.37. The van der Waals surface area contributed by atoms with Crippen LogP contribution in [-0.2, 0) is 11.3 Å². The minimum absolute atomic E-state index is 0.160. The Morgan fingerprint density at radius 1 is 1.26 bits per heavy atom. The van der Waals surface area contributed by atoms with Crippen LogP contribution in [0.3, 0.4) is 0 Å². The van der Waals surface area contributed by atoms with Gasteiger partial charge in [0, 0.05) is 38.6 Å². The van der Waals surface area contributed by atoms with Crippen molar-refractivity contribution in [3.8, 4) is 0 Å². The molecule has 6 nitrogen and oxygen atoms in total. The molecule has 1 aromatic heterocycles. The molecule has 0 saturated carbocycles. The zero-order chi connectivity index (χ0) is 18.6. The van der Waals surface area contributed by atoms with E-state index in [9.17, 15) is 9.18 Å². The highest BCUT2D eigenvalue weighted by Crippen LogP contribution is 2.29. The summed E-state index contributed by atoms with van der Waals surface area (Å²) < 4.78 is 15.5. The van der Waals surface area contributed by atoms with Crippen LogP contribution in [0.1, 0.15) is 30.9 Å². The van der Waals surface area contributed by atoms with Gasteiger partial charge in [0.2, 0.25) is 5.91 Å². The van der Waals surface area contributed by atoms with E-state index >= 15 is 0 Å². The summed E-state index contributed by atoms with van der Waals surface area (Å²) in [5, 5.41) is 4.25. The van der Waals surface area contributed by atoms with Crippen molar-refractivity contribution >= 4 is 5.91 Å². The van der Waals surface area contributed by atoms with E-state index < -0.39 is 0 Å². The highest BCUT2D eigenvalue weighted by atomic mass is 19.1. The number of hydrogen-bond donors (Lipinski definition) is 2. The molecule has 4 rings (SSSR count). The molecule has 2 atom stereocenters. The van der Waals surface area contributed by atoms with Crippen molar-refractivity contribution in [3.63, 3.8) is 0 Å². The standard InChI is InChI=1S/C20H26FN5O/c21-17-4-1-3-16(13-17)19-18(14-22-24-19)20(27)25-10-5-15(6-11-25)7-12-26-9-2-8-23-26/h1-4,8-9,13,15,18-19,22,24H,5-7,10-12,14H2. The van der Waals surface area contributed by atoms with E-state index in [1.807, 2.05) is 27.9 Å². The Balaban J connectivity index is 1.32. The number of hydrazine groups is 1. The minimum atomic E-state index is -0.273. The second-order valence-electron chi connectivity index (χ2n) is 7.49. The van der Waals surface area contributed by atoms with Crippen molar-refractivity contribution in [2.24, 2.45) is 11.8 Å². The van der Waals surface area contributed by atoms with Crippen LogP contribution in [0.15, 0.2) is 42.7 Å². The first-order chi connectivity index (χ1) is 13.2. The summed E-state index contributed by atoms with van der Waals surface area (Å²) in [5.74, 6) is 0.321. The SMILES string of the molecule is O=C(C1CNNC1c1cccc(F)c1)N1CCC(CCn2cccn2)CC1. The lowest BCUT2D eigenvalue weighted by molar-refractivity contribution is -0.137. The van der Waals surface area contributed by atoms with E-state index in [0.29, 0.717) is 12.5 Å². The molecule has 2 aromatic rings. The molecule has 3 heterocycles. The molecule has 2 aliphatic heterocycles. The maximum Gasteiger partial charge on any atom is 0.229 e. The van der Waals surface area contributed by atoms with Crippen molar-refractivity contribution in [2.45, 2.75) is 31.8 Å². The van der Waals surface area contributed by atoms with Gasteiger partial charge in [-0.25, -0.2) is 9.82 Å². The molecule has 7 heteroatoms. The van der Waals surface area contributed by atoms with E-state index in [1.54, 1.807) is 12.3 Å². The van der Waals surface area contributed by atoms with Gasteiger partial charge in [-0.2, -0.15) is 5.10 Å². The number of nitrogens with zero attached hydrogens (tertiary/aromatic N) is 3. The third kappa shape index (κ3) is 4.20. The third-order valence-corrected chi connectivity index (χ3v) is 5.76. The van der Waals surface area contributed by atoms with Crippen LogP contribution in [-0.4, -0.2) is 40.2 Å². The predicted molar refractivity (Wildman–Crippen MR) is 99.9 cm³/mol. The normalized spacial score (nSPS) is 23.7. The number of carbonyl (C=O) groups excluding carboxylic acids is 1. The van der Waals surface area contributed by atoms with Crippen molar-refractivity contribution in [1.82, 2.24) is 25.5 Å². The number of aryl methyl sites for hydroxylation is 1. The molecular formula is C20H26FN5O. The molecule has 27 heavy (non-hydrogen) atoms. The second kappa shape index (κ2) is 8.19. The van der Waals surface area contributed by atoms with Crippen molar-refractivity contribution in [3.05, 3.63) is 54.1 Å². The van der Waals surface area contributed by atoms with E-state index in [1.165, 1.54) is 12.1 Å². The van der Waals surface area contributed by atoms with Gasteiger partial charge < -0.3 is 4.90 Å². The molecule has 2 N–H and O–H groups in total. The Bertz CT molecular complexity index is 757. The number of likely N-dealkylation sites (tertiary alicyclic amines) is 1. The molecule has 0 aliphatic carbocycles. The van der Waals surface area contributed by atoms with E-state index in [4.69, 9.17) is 0 Å². The van der Waals surface area contributed by atoms with Crippen molar-refractivity contribution < 1.29 is 9.18 Å². The molecule has 2 aliphatic rings. The van der Waals surface area contributed by atoms with Crippen LogP contribution in [0.2, 0.25) is 0 Å². The van der Waals surface area contributed by atoms with Crippen molar-refractivity contribution in [2.75, 3.05) is 19.6 Å². The molecule has 0 spiro atoms. The molecule has 1 amide bonds. The van der Waals surface area contributed by atoms with Crippen LogP contribution in [0.4, 0.5) is 4.39 Å². The summed E-state index contributed by atoms with van der Waals surface area (Å²) in [7, 11) is 0. The summed E-state index contributed by atoms with van der Waals surface area (Å²) in [6.07, 6.45) is 6.96. The van der Waals surface area contributed by atoms with Gasteiger partial charge in [0.25, 0.3) is 0 Å². The van der Waals surface area contributed by atoms with Crippen LogP contribution >= 0.6 is 0 Å². The fraction of sp³-hybridized carbons (Fsp3) is 0.500. The van der Waals surface area contributed by atoms with Gasteiger partial charge in [0.1, 0.15) is 5.82 Å². The number of rotatable bonds is 5. The zero-order valence-electron chi connectivity index (χ0n) is 15.4. The number of aromatic nitrogens is 2. The average molecular weight is 371 g/mol. The minimum Gasteiger partial charge on any atom is -0.342 e. The summed E-state index contributed by atoms with van der Waals surface area (Å²) in [6.45, 7) is 3.10. The lowest BCUT2D eigenvalue weighted by atomic mass is 9.90. The maximum atomic E-state index is 13.6. The van der Waals surface area contributed by atoms with E-state index in [-0.39, 0.29) is 23.7 Å². The molecule has 0 bridgehead atoms. The summed E-state index contributed by atoms with van der Waals surface area (Å²) in [5.41, 5.74) is 7.03. The first kappa shape index (κ1) is 18.1. The maximum absolute atomic E-state index is 13.6. The number of halogens is 1. The lowest BCUT2D eigenvalue weighted by Crippen LogP contribution is -2.43. The van der Waals surface area contributed by atoms with Gasteiger partial charge in [0.15, 0.2) is 0 Å². The van der Waals surface area contributed by atoms with Gasteiger partial charge in [-0.1, -0.05) is 12.1 Å². The fourth-order valence-corrected chi connectivity index (χ4v) is 4.17. The smallest absolute Gasteiger partial charge is 0.229 e. The van der Waals surface area contributed by atoms with Crippen LogP contribution in [0.5, 0.6) is 0 Å². The molecule has 1 aromatic carbocycles. The molecule has 144 valence electrons. The fourth-order valence-electron chi connectivity index (χ4n) is 4.17. The molecule has 2 unspecified atom stereocenters. The molecule has 2 saturated heterocycles. The van der Waals surface area contributed by atoms with Crippen LogP contribution in [0.25, 0.3) is 0 Å². The first-order valence-electron chi connectivity index (χ1n) is 9.71. The highest BCUT2D eigenvalue weighted by molar-refractivity contribution is 5.80. The number of nitrogens with one attached hydrogen (secondary N) is 2. The topological polar surface area (TPSA) is 62.2 Å². The van der Waals surface area contributed by atoms with Gasteiger partial charge in [0.05, 0.1) is 12.0 Å². The monoisotopic (exact) mass is 371 g/mol. The largest absolute Gasteiger partial charge is 0.342 e. The summed E-state index contributed by atoms with van der Waals surface area (Å²) in [4.78, 5) is 15.0. The predicted octanol–water partition coefficient (Wildman–Crippen LogP) is 2.12. The molecule has 2 fully saturated rings. The lowest BCUT2D eigenvalue weighted by Gasteiger charge is -2.34. The first-order valence-corrected chi connectivity index (χ1v) is 9.71. The summed E-state index contributed by atoms with van der Waals surface area (Å²) in [6, 6.07) is 8.25. The Kier molecular flexibility index (Phi) is 5.50. The Labute approximate surface area is 158 Å².